The van der Waals surface area contributed by atoms with Gasteiger partial charge in [-0.05, 0) is 84.2 Å². The lowest BCUT2D eigenvalue weighted by molar-refractivity contribution is -0.00728. The van der Waals surface area contributed by atoms with Gasteiger partial charge in [-0.1, -0.05) is 0 Å². The van der Waals surface area contributed by atoms with Crippen LogP contribution >= 0.6 is 0 Å². The van der Waals surface area contributed by atoms with Gasteiger partial charge >= 0.3 is 12.2 Å². The third-order valence-corrected chi connectivity index (χ3v) is 5.94. The number of hydrogen-bond acceptors (Lipinski definition) is 6. The van der Waals surface area contributed by atoms with Crippen LogP contribution in [0.1, 0.15) is 59.9 Å². The largest absolute Gasteiger partial charge is 0.472 e. The predicted molar refractivity (Wildman–Crippen MR) is 137 cm³/mol. The maximum Gasteiger partial charge on any atom is 0.410 e. The average molecular weight is 497 g/mol. The molecule has 0 aliphatic carbocycles. The van der Waals surface area contributed by atoms with Crippen molar-refractivity contribution in [2.75, 3.05) is 13.1 Å². The molecule has 0 bridgehead atoms. The standard InChI is InChI=1S/C28H36N2O6/c1-27(2,3)35-25(31)29-11-7-8-23(17-29)30(26(32)36-28(4,5)6)16-22-15-21(20-9-12-33-18-20)14-19-10-13-34-24(19)22/h9-10,12-15,18,23H,7-8,11,16-17H2,1-6H3. The van der Waals surface area contributed by atoms with Gasteiger partial charge in [0.05, 0.1) is 31.4 Å². The molecule has 0 radical (unpaired) electrons. The number of benzene rings is 1. The van der Waals surface area contributed by atoms with Crippen LogP contribution in [0.5, 0.6) is 0 Å². The number of rotatable bonds is 4. The highest BCUT2D eigenvalue weighted by molar-refractivity contribution is 5.86. The fraction of sp³-hybridized carbons (Fsp3) is 0.500. The van der Waals surface area contributed by atoms with Gasteiger partial charge in [-0.25, -0.2) is 9.59 Å². The van der Waals surface area contributed by atoms with E-state index in [2.05, 4.69) is 0 Å². The van der Waals surface area contributed by atoms with Crippen LogP contribution in [0, 0.1) is 0 Å². The summed E-state index contributed by atoms with van der Waals surface area (Å²) in [5.74, 6) is 0. The lowest BCUT2D eigenvalue weighted by Crippen LogP contribution is -2.53. The Kier molecular flexibility index (Phi) is 7.07. The zero-order valence-corrected chi connectivity index (χ0v) is 22.0. The minimum atomic E-state index is -0.659. The second kappa shape index (κ2) is 9.91. The zero-order valence-electron chi connectivity index (χ0n) is 22.0. The van der Waals surface area contributed by atoms with Crippen LogP contribution in [0.4, 0.5) is 9.59 Å². The molecule has 3 aromatic rings. The highest BCUT2D eigenvalue weighted by atomic mass is 16.6. The molecule has 194 valence electrons. The molecular formula is C28H36N2O6. The van der Waals surface area contributed by atoms with Crippen molar-refractivity contribution in [1.82, 2.24) is 9.80 Å². The Balaban J connectivity index is 1.66. The lowest BCUT2D eigenvalue weighted by atomic mass is 10.0. The molecule has 36 heavy (non-hydrogen) atoms. The van der Waals surface area contributed by atoms with Crippen molar-refractivity contribution < 1.29 is 27.9 Å². The summed E-state index contributed by atoms with van der Waals surface area (Å²) in [4.78, 5) is 29.7. The average Bonchev–Trinajstić information content (AvgIpc) is 3.47. The molecule has 2 amide bonds. The molecule has 2 aromatic heterocycles. The number of hydrogen-bond donors (Lipinski definition) is 0. The molecule has 1 aromatic carbocycles. The molecule has 3 heterocycles. The number of furan rings is 2. The number of likely N-dealkylation sites (tertiary alicyclic amines) is 1. The summed E-state index contributed by atoms with van der Waals surface area (Å²) in [7, 11) is 0. The Hall–Kier alpha value is -3.42. The van der Waals surface area contributed by atoms with E-state index in [0.717, 1.165) is 40.5 Å². The molecule has 8 nitrogen and oxygen atoms in total. The Bertz CT molecular complexity index is 1200. The first-order valence-corrected chi connectivity index (χ1v) is 12.4. The minimum Gasteiger partial charge on any atom is -0.472 e. The molecule has 4 rings (SSSR count). The normalized spacial score (nSPS) is 16.7. The van der Waals surface area contributed by atoms with E-state index < -0.39 is 17.3 Å². The highest BCUT2D eigenvalue weighted by Crippen LogP contribution is 2.31. The molecule has 0 spiro atoms. The molecule has 1 fully saturated rings. The van der Waals surface area contributed by atoms with Gasteiger partial charge in [0.25, 0.3) is 0 Å². The summed E-state index contributed by atoms with van der Waals surface area (Å²) in [6.07, 6.45) is 5.69. The number of ether oxygens (including phenoxy) is 2. The van der Waals surface area contributed by atoms with E-state index in [9.17, 15) is 9.59 Å². The Morgan fingerprint density at radius 1 is 1.03 bits per heavy atom. The van der Waals surface area contributed by atoms with Crippen molar-refractivity contribution in [3.63, 3.8) is 0 Å². The van der Waals surface area contributed by atoms with Gasteiger partial charge in [0, 0.05) is 29.6 Å². The van der Waals surface area contributed by atoms with Gasteiger partial charge in [-0.3, -0.25) is 4.90 Å². The number of amides is 2. The van der Waals surface area contributed by atoms with E-state index in [1.54, 1.807) is 28.6 Å². The number of carbonyl (C=O) groups is 2. The second-order valence-electron chi connectivity index (χ2n) is 11.3. The van der Waals surface area contributed by atoms with Gasteiger partial charge in [-0.15, -0.1) is 0 Å². The number of piperidine rings is 1. The maximum atomic E-state index is 13.5. The van der Waals surface area contributed by atoms with Crippen molar-refractivity contribution in [3.05, 3.63) is 48.6 Å². The summed E-state index contributed by atoms with van der Waals surface area (Å²) in [5.41, 5.74) is 2.23. The fourth-order valence-electron chi connectivity index (χ4n) is 4.42. The molecule has 8 heteroatoms. The summed E-state index contributed by atoms with van der Waals surface area (Å²) in [6.45, 7) is 12.3. The maximum absolute atomic E-state index is 13.5. The van der Waals surface area contributed by atoms with E-state index in [1.165, 1.54) is 0 Å². The van der Waals surface area contributed by atoms with Gasteiger partial charge in [-0.2, -0.15) is 0 Å². The van der Waals surface area contributed by atoms with E-state index in [0.29, 0.717) is 13.1 Å². The first kappa shape index (κ1) is 25.7. The smallest absolute Gasteiger partial charge is 0.410 e. The third-order valence-electron chi connectivity index (χ3n) is 5.94. The Morgan fingerprint density at radius 2 is 1.78 bits per heavy atom. The zero-order chi connectivity index (χ0) is 26.1. The van der Waals surface area contributed by atoms with Crippen LogP contribution in [0.3, 0.4) is 0 Å². The number of carbonyl (C=O) groups excluding carboxylic acids is 2. The highest BCUT2D eigenvalue weighted by Gasteiger charge is 2.35. The summed E-state index contributed by atoms with van der Waals surface area (Å²) in [5, 5.41) is 0.937. The first-order chi connectivity index (χ1) is 16.9. The monoisotopic (exact) mass is 496 g/mol. The van der Waals surface area contributed by atoms with Crippen LogP contribution in [-0.2, 0) is 16.0 Å². The van der Waals surface area contributed by atoms with E-state index in [4.69, 9.17) is 18.3 Å². The summed E-state index contributed by atoms with van der Waals surface area (Å²) >= 11 is 0. The summed E-state index contributed by atoms with van der Waals surface area (Å²) in [6, 6.07) is 7.63. The number of nitrogens with zero attached hydrogens (tertiary/aromatic N) is 2. The van der Waals surface area contributed by atoms with Gasteiger partial charge < -0.3 is 23.2 Å². The van der Waals surface area contributed by atoms with Crippen LogP contribution < -0.4 is 0 Å². The summed E-state index contributed by atoms with van der Waals surface area (Å²) < 4.78 is 22.5. The van der Waals surface area contributed by atoms with Crippen molar-refractivity contribution in [3.8, 4) is 11.1 Å². The van der Waals surface area contributed by atoms with Crippen molar-refractivity contribution >= 4 is 23.2 Å². The lowest BCUT2D eigenvalue weighted by Gasteiger charge is -2.40. The molecule has 1 unspecified atom stereocenters. The molecule has 0 saturated carbocycles. The predicted octanol–water partition coefficient (Wildman–Crippen LogP) is 6.83. The fourth-order valence-corrected chi connectivity index (χ4v) is 4.42. The molecule has 1 aliphatic heterocycles. The molecule has 1 aliphatic rings. The van der Waals surface area contributed by atoms with E-state index >= 15 is 0 Å². The Labute approximate surface area is 212 Å². The van der Waals surface area contributed by atoms with Crippen molar-refractivity contribution in [2.24, 2.45) is 0 Å². The van der Waals surface area contributed by atoms with Crippen LogP contribution in [0.15, 0.2) is 51.9 Å². The molecular weight excluding hydrogens is 460 g/mol. The van der Waals surface area contributed by atoms with E-state index in [1.807, 2.05) is 65.8 Å². The van der Waals surface area contributed by atoms with Crippen molar-refractivity contribution in [1.29, 1.82) is 0 Å². The van der Waals surface area contributed by atoms with Crippen LogP contribution in [0.25, 0.3) is 22.1 Å². The SMILES string of the molecule is CC(C)(C)OC(=O)N1CCCC(N(Cc2cc(-c3ccoc3)cc3ccoc23)C(=O)OC(C)(C)C)C1. The Morgan fingerprint density at radius 3 is 2.44 bits per heavy atom. The van der Waals surface area contributed by atoms with Crippen molar-refractivity contribution in [2.45, 2.75) is 78.2 Å². The van der Waals surface area contributed by atoms with Crippen LogP contribution in [-0.4, -0.2) is 52.3 Å². The quantitative estimate of drug-likeness (QED) is 0.394. The van der Waals surface area contributed by atoms with Gasteiger partial charge in [0.15, 0.2) is 0 Å². The third kappa shape index (κ3) is 6.22. The van der Waals surface area contributed by atoms with Gasteiger partial charge in [0.2, 0.25) is 0 Å². The number of fused-ring (bicyclic) bond motifs is 1. The molecule has 0 N–H and O–H groups in total. The molecule has 1 atom stereocenters. The molecule has 1 saturated heterocycles. The van der Waals surface area contributed by atoms with Gasteiger partial charge in [0.1, 0.15) is 16.8 Å². The van der Waals surface area contributed by atoms with Crippen LogP contribution in [0.2, 0.25) is 0 Å². The first-order valence-electron chi connectivity index (χ1n) is 12.4. The second-order valence-corrected chi connectivity index (χ2v) is 11.3. The van der Waals surface area contributed by atoms with E-state index in [-0.39, 0.29) is 18.7 Å². The minimum absolute atomic E-state index is 0.233. The topological polar surface area (TPSA) is 85.4 Å².